The number of sulfone groups is 1. The molecule has 0 saturated carbocycles. The van der Waals surface area contributed by atoms with E-state index in [0.717, 1.165) is 12.8 Å². The predicted molar refractivity (Wildman–Crippen MR) is 100 cm³/mol. The number of carbonyl (C=O) groups excluding carboxylic acids is 1. The molecule has 0 bridgehead atoms. The van der Waals surface area contributed by atoms with E-state index in [9.17, 15) is 21.6 Å². The van der Waals surface area contributed by atoms with Crippen LogP contribution in [-0.4, -0.2) is 58.2 Å². The molecule has 1 amide bonds. The lowest BCUT2D eigenvalue weighted by molar-refractivity contribution is 0.0956. The van der Waals surface area contributed by atoms with Crippen molar-refractivity contribution in [3.8, 4) is 0 Å². The molecule has 146 valence electrons. The van der Waals surface area contributed by atoms with Gasteiger partial charge in [0.1, 0.15) is 0 Å². The van der Waals surface area contributed by atoms with Gasteiger partial charge in [0, 0.05) is 31.0 Å². The van der Waals surface area contributed by atoms with E-state index in [-0.39, 0.29) is 22.9 Å². The first kappa shape index (κ1) is 20.9. The fourth-order valence-corrected chi connectivity index (χ4v) is 4.89. The summed E-state index contributed by atoms with van der Waals surface area (Å²) in [5, 5.41) is 2.54. The second-order valence-corrected chi connectivity index (χ2v) is 11.0. The molecule has 0 atom stereocenters. The van der Waals surface area contributed by atoms with Crippen molar-refractivity contribution >= 4 is 25.8 Å². The Balaban J connectivity index is 2.00. The average molecular weight is 403 g/mol. The Labute approximate surface area is 155 Å². The summed E-state index contributed by atoms with van der Waals surface area (Å²) in [5.41, 5.74) is 0.296. The molecule has 1 fully saturated rings. The quantitative estimate of drug-likeness (QED) is 0.740. The number of piperidine rings is 1. The van der Waals surface area contributed by atoms with Crippen LogP contribution in [0.4, 0.5) is 0 Å². The van der Waals surface area contributed by atoms with Crippen molar-refractivity contribution in [1.29, 1.82) is 0 Å². The van der Waals surface area contributed by atoms with Crippen molar-refractivity contribution in [2.45, 2.75) is 31.6 Å². The summed E-state index contributed by atoms with van der Waals surface area (Å²) in [6.07, 6.45) is 1.70. The number of hydrogen-bond donors (Lipinski definition) is 1. The standard InChI is InChI=1S/C17H26N2O5S2/c1-3-25(21,22)13-10-18-17(20)15-4-6-16(7-5-15)26(23,24)19-11-8-14(2)9-12-19/h4-7,14H,3,8-13H2,1-2H3,(H,18,20). The van der Waals surface area contributed by atoms with E-state index in [0.29, 0.717) is 24.6 Å². The van der Waals surface area contributed by atoms with Gasteiger partial charge in [-0.15, -0.1) is 0 Å². The van der Waals surface area contributed by atoms with Gasteiger partial charge in [0.15, 0.2) is 9.84 Å². The molecule has 7 nitrogen and oxygen atoms in total. The highest BCUT2D eigenvalue weighted by Crippen LogP contribution is 2.23. The van der Waals surface area contributed by atoms with E-state index < -0.39 is 25.8 Å². The lowest BCUT2D eigenvalue weighted by Crippen LogP contribution is -2.37. The Morgan fingerprint density at radius 3 is 2.23 bits per heavy atom. The molecule has 1 aliphatic heterocycles. The largest absolute Gasteiger partial charge is 0.351 e. The highest BCUT2D eigenvalue weighted by Gasteiger charge is 2.28. The molecule has 9 heteroatoms. The highest BCUT2D eigenvalue weighted by atomic mass is 32.2. The first-order valence-corrected chi connectivity index (χ1v) is 12.0. The van der Waals surface area contributed by atoms with Crippen LogP contribution < -0.4 is 5.32 Å². The maximum absolute atomic E-state index is 12.6. The maximum atomic E-state index is 12.6. The molecule has 0 aromatic heterocycles. The maximum Gasteiger partial charge on any atom is 0.251 e. The number of carbonyl (C=O) groups is 1. The molecular weight excluding hydrogens is 376 g/mol. The summed E-state index contributed by atoms with van der Waals surface area (Å²) in [4.78, 5) is 12.2. The minimum absolute atomic E-state index is 0.0288. The average Bonchev–Trinajstić information content (AvgIpc) is 2.62. The first-order chi connectivity index (χ1) is 12.2. The zero-order chi connectivity index (χ0) is 19.4. The minimum atomic E-state index is -3.55. The second kappa shape index (κ2) is 8.49. The van der Waals surface area contributed by atoms with Gasteiger partial charge in [0.2, 0.25) is 10.0 Å². The molecule has 1 aliphatic rings. The topological polar surface area (TPSA) is 101 Å². The summed E-state index contributed by atoms with van der Waals surface area (Å²) >= 11 is 0. The molecule has 0 unspecified atom stereocenters. The number of rotatable bonds is 7. The molecule has 1 saturated heterocycles. The van der Waals surface area contributed by atoms with Crippen LogP contribution in [0.1, 0.15) is 37.0 Å². The number of nitrogens with one attached hydrogen (secondary N) is 1. The molecule has 2 rings (SSSR count). The minimum Gasteiger partial charge on any atom is -0.351 e. The third-order valence-corrected chi connectivity index (χ3v) is 8.25. The van der Waals surface area contributed by atoms with Gasteiger partial charge in [-0.05, 0) is 43.0 Å². The molecule has 1 heterocycles. The third kappa shape index (κ3) is 5.28. The zero-order valence-corrected chi connectivity index (χ0v) is 16.8. The van der Waals surface area contributed by atoms with Crippen LogP contribution in [0, 0.1) is 5.92 Å². The Hall–Kier alpha value is -1.45. The second-order valence-electron chi connectivity index (χ2n) is 6.60. The van der Waals surface area contributed by atoms with Crippen molar-refractivity contribution in [3.05, 3.63) is 29.8 Å². The van der Waals surface area contributed by atoms with Crippen molar-refractivity contribution in [1.82, 2.24) is 9.62 Å². The van der Waals surface area contributed by atoms with Gasteiger partial charge in [0.05, 0.1) is 10.6 Å². The summed E-state index contributed by atoms with van der Waals surface area (Å²) in [5.74, 6) is 0.0240. The lowest BCUT2D eigenvalue weighted by Gasteiger charge is -2.29. The third-order valence-electron chi connectivity index (χ3n) is 4.64. The van der Waals surface area contributed by atoms with E-state index in [1.54, 1.807) is 6.92 Å². The molecule has 1 N–H and O–H groups in total. The smallest absolute Gasteiger partial charge is 0.251 e. The number of benzene rings is 1. The van der Waals surface area contributed by atoms with Crippen molar-refractivity contribution in [2.24, 2.45) is 5.92 Å². The number of hydrogen-bond acceptors (Lipinski definition) is 5. The van der Waals surface area contributed by atoms with E-state index in [2.05, 4.69) is 12.2 Å². The molecule has 26 heavy (non-hydrogen) atoms. The Morgan fingerprint density at radius 2 is 1.69 bits per heavy atom. The van der Waals surface area contributed by atoms with Crippen LogP contribution >= 0.6 is 0 Å². The fraction of sp³-hybridized carbons (Fsp3) is 0.588. The van der Waals surface area contributed by atoms with Gasteiger partial charge in [-0.25, -0.2) is 16.8 Å². The van der Waals surface area contributed by atoms with E-state index >= 15 is 0 Å². The SMILES string of the molecule is CCS(=O)(=O)CCNC(=O)c1ccc(S(=O)(=O)N2CCC(C)CC2)cc1. The fourth-order valence-electron chi connectivity index (χ4n) is 2.72. The Kier molecular flexibility index (Phi) is 6.81. The van der Waals surface area contributed by atoms with Crippen molar-refractivity contribution < 1.29 is 21.6 Å². The Bertz CT molecular complexity index is 824. The van der Waals surface area contributed by atoms with Crippen LogP contribution in [0.2, 0.25) is 0 Å². The van der Waals surface area contributed by atoms with Gasteiger partial charge in [-0.3, -0.25) is 4.79 Å². The van der Waals surface area contributed by atoms with E-state index in [4.69, 9.17) is 0 Å². The van der Waals surface area contributed by atoms with Gasteiger partial charge >= 0.3 is 0 Å². The number of sulfonamides is 1. The van der Waals surface area contributed by atoms with E-state index in [1.807, 2.05) is 0 Å². The van der Waals surface area contributed by atoms with Gasteiger partial charge in [0.25, 0.3) is 5.91 Å². The summed E-state index contributed by atoms with van der Waals surface area (Å²) in [6, 6.07) is 5.74. The van der Waals surface area contributed by atoms with Crippen LogP contribution in [0.5, 0.6) is 0 Å². The van der Waals surface area contributed by atoms with E-state index in [1.165, 1.54) is 28.6 Å². The molecule has 0 aliphatic carbocycles. The normalized spacial score (nSPS) is 17.2. The van der Waals surface area contributed by atoms with Crippen molar-refractivity contribution in [2.75, 3.05) is 31.1 Å². The Morgan fingerprint density at radius 1 is 1.12 bits per heavy atom. The summed E-state index contributed by atoms with van der Waals surface area (Å²) in [6.45, 7) is 4.72. The van der Waals surface area contributed by atoms with Crippen LogP contribution in [0.25, 0.3) is 0 Å². The van der Waals surface area contributed by atoms with Gasteiger partial charge in [-0.1, -0.05) is 13.8 Å². The summed E-state index contributed by atoms with van der Waals surface area (Å²) < 4.78 is 49.6. The zero-order valence-electron chi connectivity index (χ0n) is 15.1. The lowest BCUT2D eigenvalue weighted by atomic mass is 10.0. The van der Waals surface area contributed by atoms with Crippen LogP contribution in [-0.2, 0) is 19.9 Å². The first-order valence-electron chi connectivity index (χ1n) is 8.74. The molecular formula is C17H26N2O5S2. The van der Waals surface area contributed by atoms with Crippen LogP contribution in [0.3, 0.4) is 0 Å². The number of amides is 1. The molecule has 1 aromatic carbocycles. The molecule has 0 radical (unpaired) electrons. The number of nitrogens with zero attached hydrogens (tertiary/aromatic N) is 1. The molecule has 1 aromatic rings. The predicted octanol–water partition coefficient (Wildman–Crippen LogP) is 1.27. The molecule has 0 spiro atoms. The summed E-state index contributed by atoms with van der Waals surface area (Å²) in [7, 11) is -6.68. The van der Waals surface area contributed by atoms with Gasteiger partial charge < -0.3 is 5.32 Å². The van der Waals surface area contributed by atoms with Crippen LogP contribution in [0.15, 0.2) is 29.2 Å². The van der Waals surface area contributed by atoms with Gasteiger partial charge in [-0.2, -0.15) is 4.31 Å². The van der Waals surface area contributed by atoms with Crippen molar-refractivity contribution in [3.63, 3.8) is 0 Å². The highest BCUT2D eigenvalue weighted by molar-refractivity contribution is 7.91. The monoisotopic (exact) mass is 402 g/mol.